The van der Waals surface area contributed by atoms with E-state index >= 15 is 0 Å². The second-order valence-corrected chi connectivity index (χ2v) is 11.5. The number of alkyl halides is 3. The highest BCUT2D eigenvalue weighted by Crippen LogP contribution is 2.43. The van der Waals surface area contributed by atoms with Crippen LogP contribution in [0.3, 0.4) is 0 Å². The van der Waals surface area contributed by atoms with Crippen LogP contribution in [0.15, 0.2) is 47.4 Å². The van der Waals surface area contributed by atoms with Gasteiger partial charge in [-0.3, -0.25) is 13.9 Å². The number of nitrogens with one attached hydrogen (secondary N) is 1. The molecule has 0 aliphatic carbocycles. The number of hydrogen-bond donors (Lipinski definition) is 2. The van der Waals surface area contributed by atoms with Gasteiger partial charge in [0.1, 0.15) is 11.6 Å². The van der Waals surface area contributed by atoms with Crippen molar-refractivity contribution in [2.45, 2.75) is 61.7 Å². The number of carbonyl (C=O) groups is 2. The molecule has 2 aliphatic heterocycles. The highest BCUT2D eigenvalue weighted by atomic mass is 32.2. The summed E-state index contributed by atoms with van der Waals surface area (Å²) in [6.07, 6.45) is -4.51. The number of ketones is 1. The maximum atomic E-state index is 13.7. The van der Waals surface area contributed by atoms with Crippen molar-refractivity contribution in [2.24, 2.45) is 5.92 Å². The minimum absolute atomic E-state index is 0.0833. The summed E-state index contributed by atoms with van der Waals surface area (Å²) in [5.41, 5.74) is -3.23. The molecule has 12 heteroatoms. The zero-order valence-corrected chi connectivity index (χ0v) is 20.7. The normalized spacial score (nSPS) is 21.8. The summed E-state index contributed by atoms with van der Waals surface area (Å²) in [6, 6.07) is 6.62. The van der Waals surface area contributed by atoms with Gasteiger partial charge in [0.2, 0.25) is 5.91 Å². The first-order valence-electron chi connectivity index (χ1n) is 11.7. The van der Waals surface area contributed by atoms with E-state index in [1.165, 1.54) is 6.07 Å². The predicted octanol–water partition coefficient (Wildman–Crippen LogP) is 3.59. The number of fused-ring (bicyclic) bond motifs is 1. The average molecular weight is 543 g/mol. The zero-order valence-electron chi connectivity index (χ0n) is 19.9. The Hall–Kier alpha value is -2.99. The van der Waals surface area contributed by atoms with Crippen LogP contribution >= 0.6 is 0 Å². The largest absolute Gasteiger partial charge is 0.421 e. The smallest absolute Gasteiger partial charge is 0.376 e. The molecular weight excluding hydrogens is 516 g/mol. The topological polar surface area (TPSA) is 104 Å². The Kier molecular flexibility index (Phi) is 7.10. The minimum atomic E-state index is -4.96. The Labute approximate surface area is 211 Å². The number of carbonyl (C=O) groups excluding carboxylic acids is 2. The lowest BCUT2D eigenvalue weighted by Crippen LogP contribution is -2.45. The van der Waals surface area contributed by atoms with Crippen molar-refractivity contribution in [2.75, 3.05) is 10.8 Å². The van der Waals surface area contributed by atoms with Gasteiger partial charge in [-0.2, -0.15) is 13.2 Å². The summed E-state index contributed by atoms with van der Waals surface area (Å²) >= 11 is 0. The quantitative estimate of drug-likeness (QED) is 0.521. The van der Waals surface area contributed by atoms with Gasteiger partial charge in [0, 0.05) is 25.8 Å². The molecule has 37 heavy (non-hydrogen) atoms. The third-order valence-electron chi connectivity index (χ3n) is 6.92. The van der Waals surface area contributed by atoms with E-state index in [1.807, 2.05) is 0 Å². The molecule has 2 aromatic carbocycles. The predicted molar refractivity (Wildman–Crippen MR) is 126 cm³/mol. The summed E-state index contributed by atoms with van der Waals surface area (Å²) < 4.78 is 82.1. The maximum Gasteiger partial charge on any atom is 0.421 e. The van der Waals surface area contributed by atoms with Crippen molar-refractivity contribution >= 4 is 27.4 Å². The standard InChI is InChI=1S/C25H26F4N2O5S/c1-24(34,25(27,28)29)17-3-9-22-16(12-17)2-6-19(13-20(32)10-15-11-23(33)30-14-15)31(22)37(35,36)21-7-4-18(26)5-8-21/h3-5,7-9,12,15,19,34H,2,6,10-11,13-14H2,1H3,(H,30,33)/t15?,19-,24?/m0/s1. The Morgan fingerprint density at radius 2 is 1.81 bits per heavy atom. The second kappa shape index (κ2) is 9.71. The number of nitrogens with zero attached hydrogens (tertiary/aromatic N) is 1. The Morgan fingerprint density at radius 1 is 1.14 bits per heavy atom. The molecule has 7 nitrogen and oxygen atoms in total. The molecule has 1 amide bonds. The van der Waals surface area contributed by atoms with Gasteiger partial charge in [-0.15, -0.1) is 0 Å². The monoisotopic (exact) mass is 542 g/mol. The first-order chi connectivity index (χ1) is 17.2. The molecule has 0 saturated carbocycles. The zero-order chi connectivity index (χ0) is 27.2. The Balaban J connectivity index is 1.71. The SMILES string of the molecule is CC(O)(c1ccc2c(c1)CC[C@@H](CC(=O)CC1CNC(=O)C1)N2S(=O)(=O)c1ccc(F)cc1)C(F)(F)F. The minimum Gasteiger partial charge on any atom is -0.376 e. The second-order valence-electron chi connectivity index (χ2n) is 9.68. The van der Waals surface area contributed by atoms with Gasteiger partial charge >= 0.3 is 6.18 Å². The van der Waals surface area contributed by atoms with Crippen molar-refractivity contribution in [1.29, 1.82) is 0 Å². The molecule has 0 radical (unpaired) electrons. The van der Waals surface area contributed by atoms with E-state index in [0.717, 1.165) is 40.7 Å². The van der Waals surface area contributed by atoms with Crippen LogP contribution < -0.4 is 9.62 Å². The van der Waals surface area contributed by atoms with Crippen LogP contribution in [-0.2, 0) is 31.6 Å². The van der Waals surface area contributed by atoms with Gasteiger partial charge < -0.3 is 10.4 Å². The van der Waals surface area contributed by atoms with Gasteiger partial charge in [-0.25, -0.2) is 12.8 Å². The van der Waals surface area contributed by atoms with Crippen LogP contribution in [-0.4, -0.2) is 44.0 Å². The lowest BCUT2D eigenvalue weighted by Gasteiger charge is -2.38. The van der Waals surface area contributed by atoms with Crippen LogP contribution in [0.4, 0.5) is 23.2 Å². The highest BCUT2D eigenvalue weighted by molar-refractivity contribution is 7.92. The van der Waals surface area contributed by atoms with Crippen LogP contribution in [0.25, 0.3) is 0 Å². The summed E-state index contributed by atoms with van der Waals surface area (Å²) in [6.45, 7) is 0.978. The van der Waals surface area contributed by atoms with Gasteiger partial charge in [0.15, 0.2) is 5.60 Å². The van der Waals surface area contributed by atoms with Crippen LogP contribution in [0.1, 0.15) is 43.7 Å². The molecule has 0 bridgehead atoms. The van der Waals surface area contributed by atoms with Crippen LogP contribution in [0, 0.1) is 11.7 Å². The number of hydrogen-bond acceptors (Lipinski definition) is 5. The fraction of sp³-hybridized carbons (Fsp3) is 0.440. The van der Waals surface area contributed by atoms with E-state index in [1.54, 1.807) is 0 Å². The van der Waals surface area contributed by atoms with Gasteiger partial charge in [0.05, 0.1) is 16.6 Å². The van der Waals surface area contributed by atoms with Gasteiger partial charge in [0.25, 0.3) is 10.0 Å². The van der Waals surface area contributed by atoms with Gasteiger partial charge in [-0.1, -0.05) is 12.1 Å². The molecule has 3 atom stereocenters. The molecule has 0 aromatic heterocycles. The van der Waals surface area contributed by atoms with Crippen molar-refractivity contribution in [3.8, 4) is 0 Å². The molecule has 1 fully saturated rings. The lowest BCUT2D eigenvalue weighted by atomic mass is 9.88. The van der Waals surface area contributed by atoms with Crippen LogP contribution in [0.5, 0.6) is 0 Å². The molecule has 2 N–H and O–H groups in total. The van der Waals surface area contributed by atoms with E-state index in [-0.39, 0.29) is 65.9 Å². The van der Waals surface area contributed by atoms with E-state index < -0.39 is 39.2 Å². The summed E-state index contributed by atoms with van der Waals surface area (Å²) in [4.78, 5) is 24.1. The molecule has 2 unspecified atom stereocenters. The number of amides is 1. The molecule has 2 heterocycles. The number of benzene rings is 2. The number of Topliss-reactive ketones (excluding diaryl/α,β-unsaturated/α-hetero) is 1. The molecule has 4 rings (SSSR count). The fourth-order valence-electron chi connectivity index (χ4n) is 4.81. The van der Waals surface area contributed by atoms with E-state index in [4.69, 9.17) is 0 Å². The van der Waals surface area contributed by atoms with Crippen molar-refractivity contribution < 1.29 is 40.7 Å². The maximum absolute atomic E-state index is 13.7. The molecule has 2 aliphatic rings. The first kappa shape index (κ1) is 27.1. The first-order valence-corrected chi connectivity index (χ1v) is 13.1. The van der Waals surface area contributed by atoms with E-state index in [9.17, 15) is 40.7 Å². The van der Waals surface area contributed by atoms with Crippen molar-refractivity contribution in [1.82, 2.24) is 5.32 Å². The summed E-state index contributed by atoms with van der Waals surface area (Å²) in [5.74, 6) is -1.24. The lowest BCUT2D eigenvalue weighted by molar-refractivity contribution is -0.258. The fourth-order valence-corrected chi connectivity index (χ4v) is 6.53. The number of anilines is 1. The van der Waals surface area contributed by atoms with E-state index in [2.05, 4.69) is 5.32 Å². The molecule has 1 saturated heterocycles. The van der Waals surface area contributed by atoms with Crippen LogP contribution in [0.2, 0.25) is 0 Å². The summed E-state index contributed by atoms with van der Waals surface area (Å²) in [5, 5.41) is 12.8. The average Bonchev–Trinajstić information content (AvgIpc) is 3.22. The number of aryl methyl sites for hydroxylation is 1. The Bertz CT molecular complexity index is 1310. The van der Waals surface area contributed by atoms with Crippen molar-refractivity contribution in [3.63, 3.8) is 0 Å². The number of aliphatic hydroxyl groups is 1. The van der Waals surface area contributed by atoms with Crippen molar-refractivity contribution in [3.05, 3.63) is 59.4 Å². The molecule has 0 spiro atoms. The molecular formula is C25H26F4N2O5S. The third-order valence-corrected chi connectivity index (χ3v) is 8.80. The Morgan fingerprint density at radius 3 is 2.41 bits per heavy atom. The molecule has 200 valence electrons. The number of sulfonamides is 1. The molecule has 2 aromatic rings. The van der Waals surface area contributed by atoms with Gasteiger partial charge in [-0.05, 0) is 67.1 Å². The number of halogens is 4. The third kappa shape index (κ3) is 5.35. The highest BCUT2D eigenvalue weighted by Gasteiger charge is 2.51. The summed E-state index contributed by atoms with van der Waals surface area (Å²) in [7, 11) is -4.34. The van der Waals surface area contributed by atoms with E-state index in [0.29, 0.717) is 13.5 Å². The number of rotatable bonds is 7.